The maximum atomic E-state index is 10.8. The number of aromatic nitrogens is 2. The van der Waals surface area contributed by atoms with E-state index in [0.717, 1.165) is 42.3 Å². The summed E-state index contributed by atoms with van der Waals surface area (Å²) in [7, 11) is 1.96. The standard InChI is InChI=1S/C20H33N5O2/c1-8-21-19(22-10-9-17-14(3)24-25(7)15(17)4)23-12-20(6,26)18-11-13(2)27-16(18)5/h11,26H,8-10,12H2,1-7H3,(H2,21,22,23). The molecule has 150 valence electrons. The molecule has 2 aromatic heterocycles. The Morgan fingerprint density at radius 3 is 2.52 bits per heavy atom. The molecule has 7 heteroatoms. The summed E-state index contributed by atoms with van der Waals surface area (Å²) in [4.78, 5) is 4.58. The zero-order chi connectivity index (χ0) is 20.2. The highest BCUT2D eigenvalue weighted by atomic mass is 16.3. The average Bonchev–Trinajstić information content (AvgIpc) is 3.05. The van der Waals surface area contributed by atoms with E-state index in [9.17, 15) is 5.11 Å². The van der Waals surface area contributed by atoms with Crippen LogP contribution in [0.15, 0.2) is 15.5 Å². The van der Waals surface area contributed by atoms with E-state index in [1.165, 1.54) is 11.3 Å². The van der Waals surface area contributed by atoms with E-state index in [1.54, 1.807) is 6.92 Å². The summed E-state index contributed by atoms with van der Waals surface area (Å²) in [5, 5.41) is 21.9. The second-order valence-corrected chi connectivity index (χ2v) is 7.25. The lowest BCUT2D eigenvalue weighted by atomic mass is 9.96. The van der Waals surface area contributed by atoms with Gasteiger partial charge in [0.15, 0.2) is 5.96 Å². The van der Waals surface area contributed by atoms with Crippen LogP contribution in [0, 0.1) is 27.7 Å². The van der Waals surface area contributed by atoms with Gasteiger partial charge in [-0.15, -0.1) is 0 Å². The van der Waals surface area contributed by atoms with Crippen molar-refractivity contribution in [3.63, 3.8) is 0 Å². The first kappa shape index (κ1) is 21.0. The molecule has 2 rings (SSSR count). The van der Waals surface area contributed by atoms with Gasteiger partial charge < -0.3 is 20.2 Å². The number of aryl methyl sites for hydroxylation is 4. The van der Waals surface area contributed by atoms with Crippen molar-refractivity contribution >= 4 is 5.96 Å². The van der Waals surface area contributed by atoms with E-state index in [0.29, 0.717) is 5.96 Å². The van der Waals surface area contributed by atoms with Crippen molar-refractivity contribution in [1.29, 1.82) is 0 Å². The molecule has 27 heavy (non-hydrogen) atoms. The highest BCUT2D eigenvalue weighted by molar-refractivity contribution is 5.79. The van der Waals surface area contributed by atoms with Gasteiger partial charge in [0.2, 0.25) is 0 Å². The highest BCUT2D eigenvalue weighted by Gasteiger charge is 2.27. The van der Waals surface area contributed by atoms with Gasteiger partial charge in [-0.2, -0.15) is 5.10 Å². The fraction of sp³-hybridized carbons (Fsp3) is 0.600. The number of hydrogen-bond acceptors (Lipinski definition) is 4. The van der Waals surface area contributed by atoms with Crippen molar-refractivity contribution in [3.8, 4) is 0 Å². The Morgan fingerprint density at radius 2 is 2.00 bits per heavy atom. The Morgan fingerprint density at radius 1 is 1.30 bits per heavy atom. The van der Waals surface area contributed by atoms with Gasteiger partial charge in [-0.3, -0.25) is 4.68 Å². The van der Waals surface area contributed by atoms with E-state index in [2.05, 4.69) is 27.6 Å². The number of nitrogens with zero attached hydrogens (tertiary/aromatic N) is 3. The molecule has 0 spiro atoms. The first-order valence-electron chi connectivity index (χ1n) is 9.46. The molecule has 1 atom stereocenters. The van der Waals surface area contributed by atoms with E-state index in [1.807, 2.05) is 45.5 Å². The molecule has 0 radical (unpaired) electrons. The van der Waals surface area contributed by atoms with Crippen LogP contribution in [0.5, 0.6) is 0 Å². The molecule has 0 aliphatic heterocycles. The molecule has 0 saturated carbocycles. The predicted octanol–water partition coefficient (Wildman–Crippen LogP) is 2.25. The van der Waals surface area contributed by atoms with Crippen LogP contribution >= 0.6 is 0 Å². The number of nitrogens with one attached hydrogen (secondary N) is 2. The van der Waals surface area contributed by atoms with Crippen molar-refractivity contribution in [2.45, 2.75) is 53.6 Å². The van der Waals surface area contributed by atoms with Gasteiger partial charge in [-0.05, 0) is 59.6 Å². The molecule has 0 saturated heterocycles. The van der Waals surface area contributed by atoms with E-state index in [-0.39, 0.29) is 6.54 Å². The Kier molecular flexibility index (Phi) is 6.70. The lowest BCUT2D eigenvalue weighted by molar-refractivity contribution is 0.0657. The number of hydrogen-bond donors (Lipinski definition) is 3. The van der Waals surface area contributed by atoms with Crippen LogP contribution in [0.2, 0.25) is 0 Å². The van der Waals surface area contributed by atoms with Gasteiger partial charge in [0.1, 0.15) is 17.1 Å². The Hall–Kier alpha value is -2.28. The lowest BCUT2D eigenvalue weighted by Gasteiger charge is -2.21. The summed E-state index contributed by atoms with van der Waals surface area (Å²) in [6.07, 6.45) is 0.867. The fourth-order valence-corrected chi connectivity index (χ4v) is 3.31. The van der Waals surface area contributed by atoms with Crippen LogP contribution in [0.3, 0.4) is 0 Å². The summed E-state index contributed by atoms with van der Waals surface area (Å²) < 4.78 is 7.46. The molecule has 3 N–H and O–H groups in total. The van der Waals surface area contributed by atoms with Gasteiger partial charge in [0.05, 0.1) is 12.2 Å². The predicted molar refractivity (Wildman–Crippen MR) is 108 cm³/mol. The third-order valence-electron chi connectivity index (χ3n) is 4.84. The number of rotatable bonds is 7. The minimum atomic E-state index is -1.08. The SMILES string of the molecule is CCNC(=NCC(C)(O)c1cc(C)oc1C)NCCc1c(C)nn(C)c1C. The molecule has 2 aromatic rings. The topological polar surface area (TPSA) is 87.6 Å². The van der Waals surface area contributed by atoms with Gasteiger partial charge in [0, 0.05) is 31.4 Å². The quantitative estimate of drug-likeness (QED) is 0.510. The molecule has 0 aliphatic rings. The van der Waals surface area contributed by atoms with Gasteiger partial charge >= 0.3 is 0 Å². The largest absolute Gasteiger partial charge is 0.466 e. The Balaban J connectivity index is 2.02. The van der Waals surface area contributed by atoms with Gasteiger partial charge in [-0.1, -0.05) is 0 Å². The first-order valence-corrected chi connectivity index (χ1v) is 9.46. The molecular formula is C20H33N5O2. The third-order valence-corrected chi connectivity index (χ3v) is 4.84. The van der Waals surface area contributed by atoms with Crippen LogP contribution in [0.4, 0.5) is 0 Å². The third kappa shape index (κ3) is 5.13. The zero-order valence-corrected chi connectivity index (χ0v) is 17.6. The molecule has 1 unspecified atom stereocenters. The number of furan rings is 1. The van der Waals surface area contributed by atoms with Gasteiger partial charge in [0.25, 0.3) is 0 Å². The van der Waals surface area contributed by atoms with Crippen LogP contribution in [0.1, 0.15) is 47.9 Å². The number of guanidine groups is 1. The van der Waals surface area contributed by atoms with Crippen LogP contribution in [0.25, 0.3) is 0 Å². The lowest BCUT2D eigenvalue weighted by Crippen LogP contribution is -2.39. The van der Waals surface area contributed by atoms with Gasteiger partial charge in [-0.25, -0.2) is 4.99 Å². The summed E-state index contributed by atoms with van der Waals surface area (Å²) in [5.41, 5.74) is 3.21. The molecular weight excluding hydrogens is 342 g/mol. The van der Waals surface area contributed by atoms with Crippen molar-refractivity contribution in [1.82, 2.24) is 20.4 Å². The molecule has 0 bridgehead atoms. The van der Waals surface area contributed by atoms with Crippen molar-refractivity contribution in [3.05, 3.63) is 40.1 Å². The summed E-state index contributed by atoms with van der Waals surface area (Å²) in [5.74, 6) is 2.21. The van der Waals surface area contributed by atoms with E-state index >= 15 is 0 Å². The van der Waals surface area contributed by atoms with Crippen molar-refractivity contribution in [2.75, 3.05) is 19.6 Å². The van der Waals surface area contributed by atoms with Crippen molar-refractivity contribution in [2.24, 2.45) is 12.0 Å². The second kappa shape index (κ2) is 8.61. The first-order chi connectivity index (χ1) is 12.7. The maximum Gasteiger partial charge on any atom is 0.191 e. The Bertz CT molecular complexity index is 802. The smallest absolute Gasteiger partial charge is 0.191 e. The number of aliphatic hydroxyl groups is 1. The zero-order valence-electron chi connectivity index (χ0n) is 17.6. The molecule has 7 nitrogen and oxygen atoms in total. The van der Waals surface area contributed by atoms with Crippen LogP contribution in [-0.4, -0.2) is 40.5 Å². The fourth-order valence-electron chi connectivity index (χ4n) is 3.31. The van der Waals surface area contributed by atoms with E-state index < -0.39 is 5.60 Å². The molecule has 0 amide bonds. The summed E-state index contributed by atoms with van der Waals surface area (Å²) in [6, 6.07) is 1.87. The average molecular weight is 376 g/mol. The molecule has 2 heterocycles. The van der Waals surface area contributed by atoms with Crippen molar-refractivity contribution < 1.29 is 9.52 Å². The Labute approximate surface area is 161 Å². The monoisotopic (exact) mass is 375 g/mol. The summed E-state index contributed by atoms with van der Waals surface area (Å²) >= 11 is 0. The maximum absolute atomic E-state index is 10.8. The molecule has 0 aromatic carbocycles. The minimum Gasteiger partial charge on any atom is -0.466 e. The molecule has 0 aliphatic carbocycles. The number of aliphatic imine (C=N–C) groups is 1. The normalized spacial score (nSPS) is 14.3. The minimum absolute atomic E-state index is 0.243. The van der Waals surface area contributed by atoms with Crippen LogP contribution in [-0.2, 0) is 19.1 Å². The van der Waals surface area contributed by atoms with Crippen LogP contribution < -0.4 is 10.6 Å². The highest BCUT2D eigenvalue weighted by Crippen LogP contribution is 2.27. The summed E-state index contributed by atoms with van der Waals surface area (Å²) in [6.45, 7) is 13.4. The second-order valence-electron chi connectivity index (χ2n) is 7.25. The molecule has 0 fully saturated rings. The van der Waals surface area contributed by atoms with E-state index in [4.69, 9.17) is 4.42 Å².